The number of rotatable bonds is 4. The number of nitrogens with zero attached hydrogens (tertiary/aromatic N) is 7. The number of thiazole rings is 1. The second-order valence-corrected chi connectivity index (χ2v) is 9.19. The van der Waals surface area contributed by atoms with E-state index in [-0.39, 0.29) is 0 Å². The molecule has 170 valence electrons. The summed E-state index contributed by atoms with van der Waals surface area (Å²) in [4.78, 5) is 19.2. The molecule has 0 unspecified atom stereocenters. The van der Waals surface area contributed by atoms with Gasteiger partial charge in [-0.2, -0.15) is 20.1 Å². The Labute approximate surface area is 195 Å². The summed E-state index contributed by atoms with van der Waals surface area (Å²) < 4.78 is 13.8. The second-order valence-electron chi connectivity index (χ2n) is 8.21. The minimum atomic E-state index is 0.529. The number of aryl methyl sites for hydroxylation is 1. The lowest BCUT2D eigenvalue weighted by atomic mass is 10.1. The van der Waals surface area contributed by atoms with Gasteiger partial charge in [-0.3, -0.25) is 0 Å². The van der Waals surface area contributed by atoms with E-state index in [1.165, 1.54) is 5.56 Å². The lowest BCUT2D eigenvalue weighted by Gasteiger charge is -2.28. The van der Waals surface area contributed by atoms with Crippen LogP contribution in [0.15, 0.2) is 36.5 Å². The van der Waals surface area contributed by atoms with Crippen LogP contribution in [0, 0.1) is 6.92 Å². The van der Waals surface area contributed by atoms with Gasteiger partial charge < -0.3 is 19.3 Å². The van der Waals surface area contributed by atoms with Crippen molar-refractivity contribution in [2.75, 3.05) is 62.4 Å². The van der Waals surface area contributed by atoms with Crippen molar-refractivity contribution >= 4 is 32.6 Å². The molecule has 5 heterocycles. The van der Waals surface area contributed by atoms with Crippen LogP contribution in [-0.2, 0) is 9.47 Å². The minimum absolute atomic E-state index is 0.529. The summed E-state index contributed by atoms with van der Waals surface area (Å²) >= 11 is 1.65. The molecule has 2 aliphatic rings. The Morgan fingerprint density at radius 1 is 0.879 bits per heavy atom. The Bertz CT molecular complexity index is 1280. The van der Waals surface area contributed by atoms with Crippen LogP contribution in [0.3, 0.4) is 0 Å². The van der Waals surface area contributed by atoms with Crippen molar-refractivity contribution in [3.8, 4) is 17.2 Å². The van der Waals surface area contributed by atoms with Crippen LogP contribution in [0.2, 0.25) is 0 Å². The Balaban J connectivity index is 1.42. The average molecular weight is 464 g/mol. The van der Waals surface area contributed by atoms with E-state index in [0.717, 1.165) is 66.3 Å². The SMILES string of the molecule is Cc1cccc(-c2ccn(-c3nc(N4CCOCC4)c4sc(N5CCOCC5)nc4n3)n2)c1. The molecule has 9 nitrogen and oxygen atoms in total. The fourth-order valence-electron chi connectivity index (χ4n) is 4.16. The molecule has 4 aromatic rings. The third kappa shape index (κ3) is 4.05. The zero-order valence-electron chi connectivity index (χ0n) is 18.5. The van der Waals surface area contributed by atoms with Crippen molar-refractivity contribution in [3.05, 3.63) is 42.1 Å². The molecule has 6 rings (SSSR count). The van der Waals surface area contributed by atoms with Crippen LogP contribution in [0.25, 0.3) is 27.6 Å². The van der Waals surface area contributed by atoms with E-state index in [1.807, 2.05) is 18.3 Å². The van der Waals surface area contributed by atoms with Crippen molar-refractivity contribution < 1.29 is 9.47 Å². The molecule has 10 heteroatoms. The highest BCUT2D eigenvalue weighted by Crippen LogP contribution is 2.35. The number of fused-ring (bicyclic) bond motifs is 1. The molecule has 0 spiro atoms. The van der Waals surface area contributed by atoms with Crippen molar-refractivity contribution in [2.45, 2.75) is 6.92 Å². The first-order chi connectivity index (χ1) is 16.2. The quantitative estimate of drug-likeness (QED) is 0.457. The summed E-state index contributed by atoms with van der Waals surface area (Å²) in [6.07, 6.45) is 1.91. The number of hydrogen-bond acceptors (Lipinski definition) is 9. The molecular formula is C23H25N7O2S. The molecule has 0 aliphatic carbocycles. The first-order valence-corrected chi connectivity index (χ1v) is 12.0. The highest BCUT2D eigenvalue weighted by molar-refractivity contribution is 7.22. The average Bonchev–Trinajstić information content (AvgIpc) is 3.52. The van der Waals surface area contributed by atoms with Gasteiger partial charge in [0.2, 0.25) is 0 Å². The van der Waals surface area contributed by atoms with E-state index < -0.39 is 0 Å². The Morgan fingerprint density at radius 2 is 1.64 bits per heavy atom. The number of hydrogen-bond donors (Lipinski definition) is 0. The molecule has 2 aliphatic heterocycles. The molecule has 1 aromatic carbocycles. The third-order valence-electron chi connectivity index (χ3n) is 5.91. The minimum Gasteiger partial charge on any atom is -0.378 e. The molecule has 0 atom stereocenters. The summed E-state index contributed by atoms with van der Waals surface area (Å²) in [5.41, 5.74) is 3.88. The standard InChI is InChI=1S/C23H25N7O2S/c1-16-3-2-4-17(15-16)18-5-6-30(27-18)22-24-20-19(21(26-22)28-7-11-31-12-8-28)33-23(25-20)29-9-13-32-14-10-29/h2-6,15H,7-14H2,1H3. The van der Waals surface area contributed by atoms with E-state index in [4.69, 9.17) is 29.5 Å². The van der Waals surface area contributed by atoms with Crippen LogP contribution in [0.5, 0.6) is 0 Å². The summed E-state index contributed by atoms with van der Waals surface area (Å²) in [7, 11) is 0. The highest BCUT2D eigenvalue weighted by atomic mass is 32.1. The molecule has 33 heavy (non-hydrogen) atoms. The number of ether oxygens (including phenoxy) is 2. The Kier molecular flexibility index (Phi) is 5.41. The molecular weight excluding hydrogens is 438 g/mol. The van der Waals surface area contributed by atoms with E-state index >= 15 is 0 Å². The van der Waals surface area contributed by atoms with Gasteiger partial charge in [-0.05, 0) is 19.1 Å². The Hall–Kier alpha value is -3.08. The van der Waals surface area contributed by atoms with Crippen LogP contribution >= 0.6 is 11.3 Å². The molecule has 3 aromatic heterocycles. The lowest BCUT2D eigenvalue weighted by Crippen LogP contribution is -2.37. The maximum atomic E-state index is 5.57. The van der Waals surface area contributed by atoms with Crippen molar-refractivity contribution in [1.82, 2.24) is 24.7 Å². The van der Waals surface area contributed by atoms with Crippen LogP contribution < -0.4 is 9.80 Å². The zero-order valence-corrected chi connectivity index (χ0v) is 19.3. The first kappa shape index (κ1) is 20.5. The van der Waals surface area contributed by atoms with Gasteiger partial charge in [-0.1, -0.05) is 35.1 Å². The first-order valence-electron chi connectivity index (χ1n) is 11.2. The summed E-state index contributed by atoms with van der Waals surface area (Å²) in [5, 5.41) is 5.75. The van der Waals surface area contributed by atoms with Gasteiger partial charge in [-0.25, -0.2) is 4.68 Å². The summed E-state index contributed by atoms with van der Waals surface area (Å²) in [6.45, 7) is 8.17. The molecule has 0 bridgehead atoms. The number of morpholine rings is 2. The van der Waals surface area contributed by atoms with Gasteiger partial charge >= 0.3 is 0 Å². The van der Waals surface area contributed by atoms with Crippen molar-refractivity contribution in [3.63, 3.8) is 0 Å². The van der Waals surface area contributed by atoms with Gasteiger partial charge in [0.05, 0.1) is 32.1 Å². The number of benzene rings is 1. The van der Waals surface area contributed by atoms with Crippen molar-refractivity contribution in [2.24, 2.45) is 0 Å². The molecule has 0 saturated carbocycles. The van der Waals surface area contributed by atoms with Gasteiger partial charge in [-0.15, -0.1) is 0 Å². The van der Waals surface area contributed by atoms with Crippen LogP contribution in [0.4, 0.5) is 10.9 Å². The zero-order chi connectivity index (χ0) is 22.2. The van der Waals surface area contributed by atoms with Gasteiger partial charge in [0.1, 0.15) is 4.70 Å². The fourth-order valence-corrected chi connectivity index (χ4v) is 5.24. The highest BCUT2D eigenvalue weighted by Gasteiger charge is 2.23. The molecule has 2 saturated heterocycles. The number of anilines is 2. The van der Waals surface area contributed by atoms with Crippen molar-refractivity contribution in [1.29, 1.82) is 0 Å². The maximum absolute atomic E-state index is 5.57. The van der Waals surface area contributed by atoms with E-state index in [9.17, 15) is 0 Å². The molecule has 0 radical (unpaired) electrons. The topological polar surface area (TPSA) is 81.4 Å². The van der Waals surface area contributed by atoms with E-state index in [2.05, 4.69) is 34.9 Å². The molecule has 0 N–H and O–H groups in total. The third-order valence-corrected chi connectivity index (χ3v) is 7.01. The van der Waals surface area contributed by atoms with Gasteiger partial charge in [0.25, 0.3) is 5.95 Å². The second kappa shape index (κ2) is 8.69. The lowest BCUT2D eigenvalue weighted by molar-refractivity contribution is 0.122. The largest absolute Gasteiger partial charge is 0.378 e. The summed E-state index contributed by atoms with van der Waals surface area (Å²) in [5.74, 6) is 1.43. The Morgan fingerprint density at radius 3 is 2.39 bits per heavy atom. The van der Waals surface area contributed by atoms with Crippen LogP contribution in [0.1, 0.15) is 5.56 Å². The monoisotopic (exact) mass is 463 g/mol. The maximum Gasteiger partial charge on any atom is 0.254 e. The number of aromatic nitrogens is 5. The fraction of sp³-hybridized carbons (Fsp3) is 0.391. The normalized spacial score (nSPS) is 17.1. The van der Waals surface area contributed by atoms with E-state index in [0.29, 0.717) is 24.8 Å². The molecule has 2 fully saturated rings. The van der Waals surface area contributed by atoms with Gasteiger partial charge in [0, 0.05) is 37.9 Å². The predicted octanol–water partition coefficient (Wildman–Crippen LogP) is 2.92. The molecule has 0 amide bonds. The van der Waals surface area contributed by atoms with E-state index in [1.54, 1.807) is 16.0 Å². The van der Waals surface area contributed by atoms with Crippen LogP contribution in [-0.4, -0.2) is 77.3 Å². The smallest absolute Gasteiger partial charge is 0.254 e. The van der Waals surface area contributed by atoms with Gasteiger partial charge in [0.15, 0.2) is 16.6 Å². The predicted molar refractivity (Wildman–Crippen MR) is 129 cm³/mol. The summed E-state index contributed by atoms with van der Waals surface area (Å²) in [6, 6.07) is 10.3.